The Bertz CT molecular complexity index is 2340. The van der Waals surface area contributed by atoms with Gasteiger partial charge in [0.15, 0.2) is 50.3 Å². The van der Waals surface area contributed by atoms with Crippen molar-refractivity contribution < 1.29 is 18.3 Å². The summed E-state index contributed by atoms with van der Waals surface area (Å²) >= 11 is 0. The van der Waals surface area contributed by atoms with Crippen molar-refractivity contribution in [2.24, 2.45) is 0 Å². The molecule has 0 spiro atoms. The Balaban J connectivity index is 1.00. The van der Waals surface area contributed by atoms with Crippen molar-refractivity contribution in [3.8, 4) is 33.6 Å². The molecular weight excluding hydrogens is 661 g/mol. The molecule has 3 aromatic carbocycles. The molecule has 0 aliphatic carbocycles. The van der Waals surface area contributed by atoms with Gasteiger partial charge in [0.1, 0.15) is 23.8 Å². The molecule has 0 amide bonds. The number of rotatable bonds is 10. The van der Waals surface area contributed by atoms with Gasteiger partial charge in [-0.25, -0.2) is 14.5 Å². The number of pyridine rings is 4. The van der Waals surface area contributed by atoms with Gasteiger partial charge >= 0.3 is 0 Å². The van der Waals surface area contributed by atoms with Crippen LogP contribution in [-0.4, -0.2) is 9.97 Å². The van der Waals surface area contributed by atoms with Gasteiger partial charge in [0.2, 0.25) is 11.4 Å². The molecule has 0 atom stereocenters. The highest BCUT2D eigenvalue weighted by Crippen LogP contribution is 2.23. The van der Waals surface area contributed by atoms with Gasteiger partial charge in [-0.2, -0.15) is 19.3 Å². The molecule has 0 aliphatic heterocycles. The van der Waals surface area contributed by atoms with Gasteiger partial charge in [-0.1, -0.05) is 82.3 Å². The Labute approximate surface area is 318 Å². The summed E-state index contributed by atoms with van der Waals surface area (Å²) in [6.45, 7) is 10.2. The van der Waals surface area contributed by atoms with Crippen LogP contribution in [0.4, 0.5) is 0 Å². The molecule has 0 fully saturated rings. The van der Waals surface area contributed by atoms with Crippen LogP contribution in [0.25, 0.3) is 44.7 Å². The zero-order valence-electron chi connectivity index (χ0n) is 31.3. The Kier molecular flexibility index (Phi) is 9.82. The van der Waals surface area contributed by atoms with E-state index in [0.29, 0.717) is 24.9 Å². The normalized spacial score (nSPS) is 11.4. The first kappa shape index (κ1) is 34.7. The third-order valence-electron chi connectivity index (χ3n) is 10.1. The zero-order valence-corrected chi connectivity index (χ0v) is 31.3. The summed E-state index contributed by atoms with van der Waals surface area (Å²) in [4.78, 5) is 10.2. The van der Waals surface area contributed by atoms with Crippen molar-refractivity contribution in [1.82, 2.24) is 9.97 Å². The van der Waals surface area contributed by atoms with E-state index >= 15 is 0 Å². The summed E-state index contributed by atoms with van der Waals surface area (Å²) in [6.07, 6.45) is 17.0. The minimum absolute atomic E-state index is 0.442. The van der Waals surface area contributed by atoms with E-state index in [1.165, 1.54) is 33.6 Å². The van der Waals surface area contributed by atoms with Crippen molar-refractivity contribution in [3.63, 3.8) is 0 Å². The summed E-state index contributed by atoms with van der Waals surface area (Å²) in [7, 11) is 0. The van der Waals surface area contributed by atoms with Crippen molar-refractivity contribution in [3.05, 3.63) is 193 Å². The average molecular weight is 706 g/mol. The van der Waals surface area contributed by atoms with E-state index in [1.807, 2.05) is 30.5 Å². The van der Waals surface area contributed by atoms with E-state index in [2.05, 4.69) is 186 Å². The summed E-state index contributed by atoms with van der Waals surface area (Å²) in [6, 6.07) is 43.9. The van der Waals surface area contributed by atoms with Gasteiger partial charge in [-0.3, -0.25) is 0 Å². The second-order valence-electron chi connectivity index (χ2n) is 14.5. The van der Waals surface area contributed by atoms with E-state index < -0.39 is 0 Å². The highest BCUT2D eigenvalue weighted by atomic mass is 15.0. The summed E-state index contributed by atoms with van der Waals surface area (Å²) in [5, 5.41) is 0. The zero-order chi connectivity index (χ0) is 37.0. The largest absolute Gasteiger partial charge is 0.242 e. The van der Waals surface area contributed by atoms with Crippen LogP contribution in [0.3, 0.4) is 0 Å². The first-order valence-corrected chi connectivity index (χ1v) is 18.8. The Hall–Kier alpha value is -6.40. The molecule has 8 aromatic rings. The highest BCUT2D eigenvalue weighted by Gasteiger charge is 2.19. The average Bonchev–Trinajstić information content (AvgIpc) is 3.22. The fourth-order valence-electron chi connectivity index (χ4n) is 7.09. The molecule has 0 bridgehead atoms. The molecule has 0 saturated carbocycles. The molecule has 6 nitrogen and oxygen atoms in total. The molecule has 5 heterocycles. The van der Waals surface area contributed by atoms with Crippen LogP contribution in [0.15, 0.2) is 165 Å². The monoisotopic (exact) mass is 705 g/mol. The lowest BCUT2D eigenvalue weighted by atomic mass is 10.0. The van der Waals surface area contributed by atoms with Crippen molar-refractivity contribution >= 4 is 11.0 Å². The minimum Gasteiger partial charge on any atom is -0.242 e. The second-order valence-corrected chi connectivity index (χ2v) is 14.5. The van der Waals surface area contributed by atoms with Gasteiger partial charge in [0.05, 0.1) is 11.0 Å². The number of nitrogens with zero attached hydrogens (tertiary/aromatic N) is 6. The van der Waals surface area contributed by atoms with Crippen molar-refractivity contribution in [1.29, 1.82) is 0 Å². The van der Waals surface area contributed by atoms with Gasteiger partial charge in [0, 0.05) is 47.5 Å². The van der Waals surface area contributed by atoms with Crippen LogP contribution in [0.2, 0.25) is 0 Å². The van der Waals surface area contributed by atoms with Crippen molar-refractivity contribution in [2.75, 3.05) is 0 Å². The fourth-order valence-corrected chi connectivity index (χ4v) is 7.09. The Morgan fingerprint density at radius 2 is 0.889 bits per heavy atom. The van der Waals surface area contributed by atoms with E-state index in [1.54, 1.807) is 0 Å². The van der Waals surface area contributed by atoms with Crippen LogP contribution < -0.4 is 18.3 Å². The molecule has 5 aromatic heterocycles. The smallest absolute Gasteiger partial charge is 0.214 e. The number of para-hydroxylation sites is 4. The van der Waals surface area contributed by atoms with E-state index in [9.17, 15) is 0 Å². The number of benzene rings is 3. The third kappa shape index (κ3) is 7.42. The molecule has 0 N–H and O–H groups in total. The minimum atomic E-state index is 0.442. The van der Waals surface area contributed by atoms with Crippen LogP contribution in [0, 0.1) is 6.07 Å². The van der Waals surface area contributed by atoms with Gasteiger partial charge in [-0.05, 0) is 47.2 Å². The predicted molar refractivity (Wildman–Crippen MR) is 212 cm³/mol. The summed E-state index contributed by atoms with van der Waals surface area (Å²) in [5.74, 6) is 0.896. The van der Waals surface area contributed by atoms with E-state index in [4.69, 9.17) is 9.97 Å². The maximum Gasteiger partial charge on any atom is 0.214 e. The van der Waals surface area contributed by atoms with Gasteiger partial charge < -0.3 is 0 Å². The Morgan fingerprint density at radius 1 is 0.463 bits per heavy atom. The lowest BCUT2D eigenvalue weighted by Crippen LogP contribution is -2.38. The molecule has 264 valence electrons. The SMILES string of the molecule is CC(C)c1ccccc1-[n+]1c[c-]c(-c2cc[n+](Cc3nc4ccccc4nc3C[n+]3ccc(-c4cc[n+](-c5ccccc5C(C)C)cc4)cc3)cc2)cc1. The highest BCUT2D eigenvalue weighted by molar-refractivity contribution is 5.74. The maximum atomic E-state index is 5.11. The Morgan fingerprint density at radius 3 is 1.37 bits per heavy atom. The van der Waals surface area contributed by atoms with Crippen molar-refractivity contribution in [2.45, 2.75) is 52.6 Å². The molecular formula is C48H45N6+3. The van der Waals surface area contributed by atoms with Crippen LogP contribution in [-0.2, 0) is 13.1 Å². The first-order valence-electron chi connectivity index (χ1n) is 18.8. The molecule has 0 unspecified atom stereocenters. The fraction of sp³-hybridized carbons (Fsp3) is 0.167. The lowest BCUT2D eigenvalue weighted by molar-refractivity contribution is -0.694. The van der Waals surface area contributed by atoms with Crippen LogP contribution in [0.1, 0.15) is 62.0 Å². The van der Waals surface area contributed by atoms with Gasteiger partial charge in [-0.15, -0.1) is 11.6 Å². The molecule has 54 heavy (non-hydrogen) atoms. The first-order chi connectivity index (χ1) is 26.4. The maximum absolute atomic E-state index is 5.11. The van der Waals surface area contributed by atoms with E-state index in [-0.39, 0.29) is 0 Å². The molecule has 0 saturated heterocycles. The predicted octanol–water partition coefficient (Wildman–Crippen LogP) is 8.24. The topological polar surface area (TPSA) is 41.3 Å². The van der Waals surface area contributed by atoms with Gasteiger partial charge in [0.25, 0.3) is 0 Å². The number of hydrogen-bond donors (Lipinski definition) is 0. The molecule has 0 radical (unpaired) electrons. The summed E-state index contributed by atoms with van der Waals surface area (Å²) < 4.78 is 8.70. The number of hydrogen-bond acceptors (Lipinski definition) is 2. The molecule has 0 aliphatic rings. The summed E-state index contributed by atoms with van der Waals surface area (Å²) in [5.41, 5.74) is 13.3. The standard InChI is InChI=1S/C48H45N6/c1-35(2)41-11-5-9-15-47(41)53-29-21-39(22-30-53)37-17-25-51(26-18-37)33-45-46(50-44-14-8-7-13-43(44)49-45)34-52-27-19-38(20-28-52)40-23-31-54(32-24-40)48-16-10-6-12-42(48)36(3)4/h5-23,25-32,35-36H,33-34H2,1-4H3/q+3. The van der Waals surface area contributed by atoms with Crippen LogP contribution in [0.5, 0.6) is 0 Å². The quantitative estimate of drug-likeness (QED) is 0.106. The van der Waals surface area contributed by atoms with E-state index in [0.717, 1.165) is 33.5 Å². The lowest BCUT2D eigenvalue weighted by Gasteiger charge is -2.12. The molecule has 6 heteroatoms. The molecule has 8 rings (SSSR count). The second kappa shape index (κ2) is 15.3. The van der Waals surface area contributed by atoms with Crippen LogP contribution >= 0.6 is 0 Å². The third-order valence-corrected chi connectivity index (χ3v) is 10.1. The number of aromatic nitrogens is 6. The number of fused-ring (bicyclic) bond motifs is 1.